The van der Waals surface area contributed by atoms with Gasteiger partial charge in [-0.15, -0.1) is 0 Å². The quantitative estimate of drug-likeness (QED) is 0.157. The fourth-order valence-electron chi connectivity index (χ4n) is 6.31. The van der Waals surface area contributed by atoms with Crippen LogP contribution in [-0.4, -0.2) is 58.4 Å². The van der Waals surface area contributed by atoms with Crippen LogP contribution >= 0.6 is 0 Å². The minimum Gasteiger partial charge on any atom is -0.481 e. The van der Waals surface area contributed by atoms with Crippen LogP contribution in [0.3, 0.4) is 0 Å². The van der Waals surface area contributed by atoms with Crippen LogP contribution in [0.25, 0.3) is 44.4 Å². The Morgan fingerprint density at radius 3 is 1.82 bits per heavy atom. The van der Waals surface area contributed by atoms with Crippen LogP contribution in [0.4, 0.5) is 0 Å². The van der Waals surface area contributed by atoms with Crippen molar-refractivity contribution >= 4 is 56.3 Å². The number of fused-ring (bicyclic) bond motifs is 8. The third-order valence-electron chi connectivity index (χ3n) is 8.65. The van der Waals surface area contributed by atoms with Crippen molar-refractivity contribution in [2.75, 3.05) is 0 Å². The van der Waals surface area contributed by atoms with Crippen molar-refractivity contribution in [2.24, 2.45) is 0 Å². The average molecular weight is 664 g/mol. The number of rotatable bonds is 8. The maximum Gasteiger partial charge on any atom is 0.303 e. The number of nitrogens with zero attached hydrogens (tertiary/aromatic N) is 2. The van der Waals surface area contributed by atoms with Gasteiger partial charge in [0, 0.05) is 65.5 Å². The number of allylic oxidation sites excluding steroid dienone is 3. The molecule has 45 heavy (non-hydrogen) atoms. The number of aryl methyl sites for hydroxylation is 3. The minimum atomic E-state index is -0.917. The molecular weight excluding hydrogens is 626 g/mol. The zero-order valence-electron chi connectivity index (χ0n) is 26.5. The van der Waals surface area contributed by atoms with E-state index in [-0.39, 0.29) is 45.2 Å². The molecular formula is C34H38N4O6Zn. The number of aromatic amines is 2. The normalized spacial score (nSPS) is 14.4. The van der Waals surface area contributed by atoms with Gasteiger partial charge in [0.05, 0.1) is 35.0 Å². The molecule has 0 fully saturated rings. The number of aliphatic hydroxyl groups excluding tert-OH is 2. The van der Waals surface area contributed by atoms with Gasteiger partial charge in [0.1, 0.15) is 0 Å². The van der Waals surface area contributed by atoms with E-state index in [4.69, 9.17) is 9.97 Å². The number of hydrogen-bond acceptors (Lipinski definition) is 6. The number of aliphatic hydroxyl groups is 2. The Labute approximate surface area is 273 Å². The molecule has 3 aromatic heterocycles. The van der Waals surface area contributed by atoms with Crippen molar-refractivity contribution in [2.45, 2.75) is 79.4 Å². The molecule has 2 aliphatic rings. The number of nitrogens with one attached hydrogen (secondary N) is 2. The van der Waals surface area contributed by atoms with E-state index in [9.17, 15) is 30.0 Å². The molecule has 3 aromatic rings. The molecule has 5 rings (SSSR count). The maximum atomic E-state index is 11.6. The molecule has 2 atom stereocenters. The summed E-state index contributed by atoms with van der Waals surface area (Å²) in [5.74, 6) is -1.83. The monoisotopic (exact) mass is 662 g/mol. The molecule has 8 bridgehead atoms. The first-order valence-electron chi connectivity index (χ1n) is 14.7. The summed E-state index contributed by atoms with van der Waals surface area (Å²) in [6, 6.07) is 7.51. The summed E-state index contributed by atoms with van der Waals surface area (Å²) in [5, 5.41) is 40.5. The third-order valence-corrected chi connectivity index (χ3v) is 8.65. The second-order valence-corrected chi connectivity index (χ2v) is 11.7. The number of carbonyl (C=O) groups is 2. The molecule has 0 radical (unpaired) electrons. The second kappa shape index (κ2) is 13.2. The largest absolute Gasteiger partial charge is 0.481 e. The summed E-state index contributed by atoms with van der Waals surface area (Å²) < 4.78 is 0. The fraction of sp³-hybridized carbons (Fsp3) is 0.353. The first-order chi connectivity index (χ1) is 20.8. The van der Waals surface area contributed by atoms with Crippen molar-refractivity contribution in [3.05, 3.63) is 69.3 Å². The predicted octanol–water partition coefficient (Wildman–Crippen LogP) is 6.11. The van der Waals surface area contributed by atoms with Crippen LogP contribution < -0.4 is 0 Å². The summed E-state index contributed by atoms with van der Waals surface area (Å²) in [7, 11) is 0. The molecule has 10 nitrogen and oxygen atoms in total. The van der Waals surface area contributed by atoms with Crippen molar-refractivity contribution in [3.63, 3.8) is 0 Å². The molecule has 0 aliphatic carbocycles. The number of carboxylic acids is 2. The van der Waals surface area contributed by atoms with E-state index >= 15 is 0 Å². The summed E-state index contributed by atoms with van der Waals surface area (Å²) in [6.07, 6.45) is -1.16. The Kier molecular flexibility index (Phi) is 9.97. The summed E-state index contributed by atoms with van der Waals surface area (Å²) in [4.78, 5) is 39.8. The maximum absolute atomic E-state index is 11.6. The number of aliphatic carboxylic acids is 2. The Balaban J connectivity index is 0.00000461. The molecule has 0 saturated carbocycles. The molecule has 0 amide bonds. The first kappa shape index (κ1) is 34.0. The van der Waals surface area contributed by atoms with Gasteiger partial charge in [0.25, 0.3) is 0 Å². The predicted molar refractivity (Wildman–Crippen MR) is 171 cm³/mol. The van der Waals surface area contributed by atoms with E-state index in [2.05, 4.69) is 9.97 Å². The van der Waals surface area contributed by atoms with Crippen LogP contribution in [0.15, 0.2) is 24.3 Å². The molecule has 11 heteroatoms. The number of carboxylic acid groups (broad SMARTS) is 2. The molecule has 2 aliphatic heterocycles. The van der Waals surface area contributed by atoms with Crippen molar-refractivity contribution in [1.82, 2.24) is 19.9 Å². The fourth-order valence-corrected chi connectivity index (χ4v) is 6.31. The number of H-pyrrole nitrogens is 2. The third kappa shape index (κ3) is 6.57. The summed E-state index contributed by atoms with van der Waals surface area (Å²) in [5.41, 5.74) is 11.7. The van der Waals surface area contributed by atoms with Gasteiger partial charge in [-0.25, -0.2) is 9.97 Å². The van der Waals surface area contributed by atoms with Gasteiger partial charge in [-0.2, -0.15) is 0 Å². The van der Waals surface area contributed by atoms with Gasteiger partial charge in [0.15, 0.2) is 0 Å². The minimum absolute atomic E-state index is 0. The van der Waals surface area contributed by atoms with Gasteiger partial charge in [-0.05, 0) is 112 Å². The van der Waals surface area contributed by atoms with Gasteiger partial charge in [-0.3, -0.25) is 9.59 Å². The SMILES string of the molecule is CC1=C(CCC(=O)O)c2cc3[nH]c(cc4nc(cc5[nH]c(cc1n2)c(C(C)O)c5C)C(C(C)O)=C4C)c(C)c3CCC(=O)O.[Zn]. The summed E-state index contributed by atoms with van der Waals surface area (Å²) >= 11 is 0. The Hall–Kier alpha value is -3.92. The van der Waals surface area contributed by atoms with Gasteiger partial charge < -0.3 is 30.4 Å². The number of hydrogen-bond donors (Lipinski definition) is 6. The van der Waals surface area contributed by atoms with Gasteiger partial charge in [0.2, 0.25) is 0 Å². The zero-order chi connectivity index (χ0) is 32.0. The molecule has 2 unspecified atom stereocenters. The van der Waals surface area contributed by atoms with Crippen LogP contribution in [0.5, 0.6) is 0 Å². The standard InChI is InChI=1S/C34H38N4O6.Zn/c1-15-21(7-9-31(41)42)27-14-28-22(8-10-32(43)44)16(2)24(36-28)12-29-34(20(6)40)18(4)26(38-29)13-30-33(19(5)39)17(3)25(37-30)11-23(15)35-27;/h11-14,19-20,35,38-40H,7-10H2,1-6H3,(H,41,42)(H,43,44);. The topological polar surface area (TPSA) is 172 Å². The average Bonchev–Trinajstić information content (AvgIpc) is 3.59. The van der Waals surface area contributed by atoms with E-state index in [0.29, 0.717) is 44.9 Å². The van der Waals surface area contributed by atoms with E-state index in [0.717, 1.165) is 44.4 Å². The molecule has 0 spiro atoms. The number of aromatic nitrogens is 4. The Morgan fingerprint density at radius 2 is 1.20 bits per heavy atom. The van der Waals surface area contributed by atoms with Crippen LogP contribution in [0.2, 0.25) is 0 Å². The van der Waals surface area contributed by atoms with E-state index in [1.165, 1.54) is 0 Å². The molecule has 0 aromatic carbocycles. The van der Waals surface area contributed by atoms with Gasteiger partial charge >= 0.3 is 11.9 Å². The zero-order valence-corrected chi connectivity index (χ0v) is 29.5. The summed E-state index contributed by atoms with van der Waals surface area (Å²) in [6.45, 7) is 11.1. The molecule has 6 N–H and O–H groups in total. The second-order valence-electron chi connectivity index (χ2n) is 11.7. The van der Waals surface area contributed by atoms with Crippen LogP contribution in [0.1, 0.15) is 98.1 Å². The van der Waals surface area contributed by atoms with Crippen molar-refractivity contribution in [1.29, 1.82) is 0 Å². The van der Waals surface area contributed by atoms with Crippen LogP contribution in [0, 0.1) is 13.8 Å². The van der Waals surface area contributed by atoms with E-state index < -0.39 is 24.1 Å². The van der Waals surface area contributed by atoms with Gasteiger partial charge in [-0.1, -0.05) is 0 Å². The Morgan fingerprint density at radius 1 is 0.689 bits per heavy atom. The van der Waals surface area contributed by atoms with Crippen molar-refractivity contribution < 1.29 is 49.5 Å². The smallest absolute Gasteiger partial charge is 0.303 e. The molecule has 232 valence electrons. The molecule has 0 saturated heterocycles. The first-order valence-corrected chi connectivity index (χ1v) is 14.7. The molecule has 5 heterocycles. The van der Waals surface area contributed by atoms with E-state index in [1.807, 2.05) is 52.0 Å². The van der Waals surface area contributed by atoms with E-state index in [1.54, 1.807) is 13.8 Å². The Bertz CT molecular complexity index is 1930. The van der Waals surface area contributed by atoms with Crippen molar-refractivity contribution in [3.8, 4) is 0 Å². The van der Waals surface area contributed by atoms with Crippen LogP contribution in [-0.2, 0) is 35.5 Å².